The molecule has 6 nitrogen and oxygen atoms in total. The normalized spacial score (nSPS) is 14.4. The van der Waals surface area contributed by atoms with Crippen molar-refractivity contribution in [3.63, 3.8) is 0 Å². The summed E-state index contributed by atoms with van der Waals surface area (Å²) in [4.78, 5) is 23.3. The van der Waals surface area contributed by atoms with Crippen LogP contribution in [0.15, 0.2) is 34.7 Å². The molecule has 3 rings (SSSR count). The van der Waals surface area contributed by atoms with E-state index in [4.69, 9.17) is 14.3 Å². The van der Waals surface area contributed by atoms with Gasteiger partial charge in [0.15, 0.2) is 0 Å². The Labute approximate surface area is 145 Å². The van der Waals surface area contributed by atoms with Crippen LogP contribution in [0.25, 0.3) is 0 Å². The zero-order chi connectivity index (χ0) is 17.8. The Morgan fingerprint density at radius 3 is 2.72 bits per heavy atom. The molecule has 1 aliphatic carbocycles. The molecule has 132 valence electrons. The number of hydrogen-bond donors (Lipinski definition) is 2. The third-order valence-electron chi connectivity index (χ3n) is 4.32. The summed E-state index contributed by atoms with van der Waals surface area (Å²) in [6.45, 7) is 1.71. The van der Waals surface area contributed by atoms with Gasteiger partial charge in [-0.1, -0.05) is 6.07 Å². The summed E-state index contributed by atoms with van der Waals surface area (Å²) in [6.07, 6.45) is 4.72. The van der Waals surface area contributed by atoms with Crippen LogP contribution < -0.4 is 10.1 Å². The summed E-state index contributed by atoms with van der Waals surface area (Å²) >= 11 is 0. The van der Waals surface area contributed by atoms with Gasteiger partial charge in [-0.25, -0.2) is 4.79 Å². The summed E-state index contributed by atoms with van der Waals surface area (Å²) in [6, 6.07) is 8.51. The molecule has 1 heterocycles. The predicted molar refractivity (Wildman–Crippen MR) is 90.9 cm³/mol. The molecule has 0 unspecified atom stereocenters. The van der Waals surface area contributed by atoms with Crippen LogP contribution in [0.1, 0.15) is 57.9 Å². The van der Waals surface area contributed by atoms with Gasteiger partial charge in [0.05, 0.1) is 12.6 Å². The van der Waals surface area contributed by atoms with Gasteiger partial charge in [-0.05, 0) is 56.9 Å². The Hall–Kier alpha value is -2.76. The Morgan fingerprint density at radius 2 is 2.04 bits per heavy atom. The smallest absolute Gasteiger partial charge is 0.339 e. The van der Waals surface area contributed by atoms with Crippen molar-refractivity contribution in [3.05, 3.63) is 53.0 Å². The number of ether oxygens (including phenoxy) is 1. The summed E-state index contributed by atoms with van der Waals surface area (Å²) in [5.41, 5.74) is 0.605. The first-order valence-corrected chi connectivity index (χ1v) is 8.40. The van der Waals surface area contributed by atoms with Crippen LogP contribution in [0.5, 0.6) is 5.75 Å². The molecule has 2 aromatic rings. The molecule has 1 aliphatic rings. The van der Waals surface area contributed by atoms with Gasteiger partial charge in [0, 0.05) is 5.56 Å². The molecule has 6 heteroatoms. The average Bonchev–Trinajstić information content (AvgIpc) is 3.22. The minimum atomic E-state index is -1.05. The third kappa shape index (κ3) is 4.21. The topological polar surface area (TPSA) is 88.8 Å². The SMILES string of the molecule is Cc1oc(CNC(=O)c2cccc(OC3CCCC3)c2)cc1C(=O)O. The van der Waals surface area contributed by atoms with Gasteiger partial charge in [-0.15, -0.1) is 0 Å². The molecule has 0 bridgehead atoms. The molecule has 1 saturated carbocycles. The number of furan rings is 1. The molecule has 0 spiro atoms. The van der Waals surface area contributed by atoms with Gasteiger partial charge >= 0.3 is 5.97 Å². The van der Waals surface area contributed by atoms with E-state index in [1.807, 2.05) is 6.07 Å². The minimum absolute atomic E-state index is 0.108. The number of rotatable bonds is 6. The van der Waals surface area contributed by atoms with E-state index >= 15 is 0 Å². The maximum atomic E-state index is 12.3. The predicted octanol–water partition coefficient (Wildman–Crippen LogP) is 3.54. The highest BCUT2D eigenvalue weighted by Crippen LogP contribution is 2.24. The van der Waals surface area contributed by atoms with Gasteiger partial charge in [-0.2, -0.15) is 0 Å². The summed E-state index contributed by atoms with van der Waals surface area (Å²) in [7, 11) is 0. The van der Waals surface area contributed by atoms with E-state index in [0.717, 1.165) is 12.8 Å². The van der Waals surface area contributed by atoms with E-state index in [2.05, 4.69) is 5.32 Å². The molecule has 1 amide bonds. The average molecular weight is 343 g/mol. The van der Waals surface area contributed by atoms with Crippen LogP contribution in [0.3, 0.4) is 0 Å². The van der Waals surface area contributed by atoms with Gasteiger partial charge in [0.2, 0.25) is 0 Å². The Bertz CT molecular complexity index is 774. The van der Waals surface area contributed by atoms with Crippen LogP contribution >= 0.6 is 0 Å². The number of carbonyl (C=O) groups is 2. The highest BCUT2D eigenvalue weighted by Gasteiger charge is 2.17. The molecule has 0 aliphatic heterocycles. The first-order valence-electron chi connectivity index (χ1n) is 8.40. The maximum absolute atomic E-state index is 12.3. The van der Waals surface area contributed by atoms with Gasteiger partial charge in [0.25, 0.3) is 5.91 Å². The highest BCUT2D eigenvalue weighted by molar-refractivity contribution is 5.94. The van der Waals surface area contributed by atoms with Gasteiger partial charge in [0.1, 0.15) is 22.8 Å². The van der Waals surface area contributed by atoms with E-state index in [1.165, 1.54) is 18.9 Å². The van der Waals surface area contributed by atoms with Crippen LogP contribution in [0, 0.1) is 6.92 Å². The van der Waals surface area contributed by atoms with Crippen LogP contribution in [-0.2, 0) is 6.54 Å². The van der Waals surface area contributed by atoms with E-state index in [-0.39, 0.29) is 24.1 Å². The van der Waals surface area contributed by atoms with Gasteiger partial charge < -0.3 is 19.6 Å². The molecule has 1 aromatic carbocycles. The van der Waals surface area contributed by atoms with Crippen molar-refractivity contribution in [1.29, 1.82) is 0 Å². The molecule has 25 heavy (non-hydrogen) atoms. The molecule has 0 radical (unpaired) electrons. The quantitative estimate of drug-likeness (QED) is 0.837. The lowest BCUT2D eigenvalue weighted by Gasteiger charge is -2.13. The second-order valence-electron chi connectivity index (χ2n) is 6.22. The van der Waals surface area contributed by atoms with Crippen LogP contribution in [0.4, 0.5) is 0 Å². The fourth-order valence-corrected chi connectivity index (χ4v) is 3.02. The summed E-state index contributed by atoms with van der Waals surface area (Å²) in [5.74, 6) is 0.116. The molecular weight excluding hydrogens is 322 g/mol. The second kappa shape index (κ2) is 7.42. The molecule has 1 fully saturated rings. The van der Waals surface area contributed by atoms with Crippen LogP contribution in [0.2, 0.25) is 0 Å². The minimum Gasteiger partial charge on any atom is -0.490 e. The molecule has 0 saturated heterocycles. The fourth-order valence-electron chi connectivity index (χ4n) is 3.02. The molecule has 2 N–H and O–H groups in total. The lowest BCUT2D eigenvalue weighted by atomic mass is 10.2. The maximum Gasteiger partial charge on any atom is 0.339 e. The number of carboxylic acids is 1. The van der Waals surface area contributed by atoms with Gasteiger partial charge in [-0.3, -0.25) is 4.79 Å². The fraction of sp³-hybridized carbons (Fsp3) is 0.368. The third-order valence-corrected chi connectivity index (χ3v) is 4.32. The molecular formula is C19H21NO5. The van der Waals surface area contributed by atoms with E-state index < -0.39 is 5.97 Å². The van der Waals surface area contributed by atoms with Crippen molar-refractivity contribution in [2.45, 2.75) is 45.3 Å². The largest absolute Gasteiger partial charge is 0.490 e. The number of hydrogen-bond acceptors (Lipinski definition) is 4. The number of nitrogens with one attached hydrogen (secondary N) is 1. The van der Waals surface area contributed by atoms with Crippen molar-refractivity contribution in [2.24, 2.45) is 0 Å². The number of aryl methyl sites for hydroxylation is 1. The van der Waals surface area contributed by atoms with Crippen molar-refractivity contribution in [3.8, 4) is 5.75 Å². The van der Waals surface area contributed by atoms with E-state index in [9.17, 15) is 9.59 Å². The first-order chi connectivity index (χ1) is 12.0. The summed E-state index contributed by atoms with van der Waals surface area (Å²) < 4.78 is 11.3. The van der Waals surface area contributed by atoms with Crippen molar-refractivity contribution in [2.75, 3.05) is 0 Å². The second-order valence-corrected chi connectivity index (χ2v) is 6.22. The number of benzene rings is 1. The van der Waals surface area contributed by atoms with Crippen molar-refractivity contribution < 1.29 is 23.8 Å². The Balaban J connectivity index is 1.61. The van der Waals surface area contributed by atoms with Crippen molar-refractivity contribution >= 4 is 11.9 Å². The molecule has 1 aromatic heterocycles. The lowest BCUT2D eigenvalue weighted by Crippen LogP contribution is -2.22. The highest BCUT2D eigenvalue weighted by atomic mass is 16.5. The monoisotopic (exact) mass is 343 g/mol. The van der Waals surface area contributed by atoms with E-state index in [0.29, 0.717) is 22.8 Å². The van der Waals surface area contributed by atoms with Crippen LogP contribution in [-0.4, -0.2) is 23.1 Å². The summed E-state index contributed by atoms with van der Waals surface area (Å²) in [5, 5.41) is 11.8. The zero-order valence-electron chi connectivity index (χ0n) is 14.1. The lowest BCUT2D eigenvalue weighted by molar-refractivity contribution is 0.0694. The molecule has 0 atom stereocenters. The number of aromatic carboxylic acids is 1. The number of carboxylic acid groups (broad SMARTS) is 1. The van der Waals surface area contributed by atoms with E-state index in [1.54, 1.807) is 25.1 Å². The first kappa shape index (κ1) is 17.1. The standard InChI is InChI=1S/C19H21NO5/c1-12-17(19(22)23)10-16(24-12)11-20-18(21)13-5-4-8-15(9-13)25-14-6-2-3-7-14/h4-5,8-10,14H,2-3,6-7,11H2,1H3,(H,20,21)(H,22,23). The van der Waals surface area contributed by atoms with Crippen molar-refractivity contribution in [1.82, 2.24) is 5.32 Å². The zero-order valence-corrected chi connectivity index (χ0v) is 14.1. The Morgan fingerprint density at radius 1 is 1.28 bits per heavy atom. The number of amides is 1. The Kier molecular flexibility index (Phi) is 5.07. The number of carbonyl (C=O) groups excluding carboxylic acids is 1.